The first-order chi connectivity index (χ1) is 14.3. The van der Waals surface area contributed by atoms with Crippen molar-refractivity contribution < 1.29 is 23.1 Å². The third kappa shape index (κ3) is 4.78. The van der Waals surface area contributed by atoms with Gasteiger partial charge in [0, 0.05) is 51.9 Å². The van der Waals surface area contributed by atoms with Crippen molar-refractivity contribution in [1.29, 1.82) is 0 Å². The second kappa shape index (κ2) is 9.61. The fourth-order valence-corrected chi connectivity index (χ4v) is 5.54. The highest BCUT2D eigenvalue weighted by Gasteiger charge is 2.35. The Bertz CT molecular complexity index is 853. The maximum atomic E-state index is 13.1. The molecule has 2 N–H and O–H groups in total. The van der Waals surface area contributed by atoms with Crippen molar-refractivity contribution >= 4 is 16.0 Å². The number of hydrogen-bond acceptors (Lipinski definition) is 7. The normalized spacial score (nSPS) is 22.3. The maximum absolute atomic E-state index is 13.1. The van der Waals surface area contributed by atoms with Crippen LogP contribution >= 0.6 is 0 Å². The van der Waals surface area contributed by atoms with Gasteiger partial charge in [-0.2, -0.15) is 4.31 Å². The minimum atomic E-state index is -3.78. The largest absolute Gasteiger partial charge is 0.493 e. The number of carboxylic acid groups (broad SMARTS) is 1. The Morgan fingerprint density at radius 1 is 1.23 bits per heavy atom. The van der Waals surface area contributed by atoms with E-state index in [4.69, 9.17) is 4.74 Å². The number of piperazine rings is 2. The molecule has 2 fully saturated rings. The summed E-state index contributed by atoms with van der Waals surface area (Å²) in [7, 11) is -3.78. The van der Waals surface area contributed by atoms with E-state index >= 15 is 0 Å². The van der Waals surface area contributed by atoms with Gasteiger partial charge in [0.2, 0.25) is 10.0 Å². The lowest BCUT2D eigenvalue weighted by Gasteiger charge is -2.47. The fraction of sp³-hybridized carbons (Fsp3) is 0.650. The van der Waals surface area contributed by atoms with Gasteiger partial charge in [-0.3, -0.25) is 0 Å². The number of rotatable bonds is 7. The van der Waals surface area contributed by atoms with E-state index in [1.54, 1.807) is 6.92 Å². The number of carboxylic acids is 1. The second-order valence-electron chi connectivity index (χ2n) is 7.93. The summed E-state index contributed by atoms with van der Waals surface area (Å²) in [6.07, 6.45) is 0. The lowest BCUT2D eigenvalue weighted by molar-refractivity contribution is -0.0984. The molecule has 2 saturated heterocycles. The molecule has 10 heteroatoms. The summed E-state index contributed by atoms with van der Waals surface area (Å²) in [5.74, 6) is -0.538. The summed E-state index contributed by atoms with van der Waals surface area (Å²) < 4.78 is 33.0. The Labute approximate surface area is 178 Å². The topological polar surface area (TPSA) is 102 Å². The van der Waals surface area contributed by atoms with Gasteiger partial charge in [-0.15, -0.1) is 0 Å². The Morgan fingerprint density at radius 3 is 2.53 bits per heavy atom. The van der Waals surface area contributed by atoms with Crippen molar-refractivity contribution in [2.24, 2.45) is 5.92 Å². The molecule has 1 aromatic rings. The van der Waals surface area contributed by atoms with E-state index in [1.165, 1.54) is 22.5 Å². The standard InChI is InChI=1S/C20H32N4O5S/c1-4-29-19-6-5-16(13-17(19)20(25)26)30(27,28)23-11-9-22(10-12-23)24-8-7-21-14-18(24)15(2)3/h5-6,13,15,18,21H,4,7-12,14H2,1-3H3,(H,25,26). The lowest BCUT2D eigenvalue weighted by atomic mass is 10.0. The third-order valence-corrected chi connectivity index (χ3v) is 7.62. The molecule has 30 heavy (non-hydrogen) atoms. The van der Waals surface area contributed by atoms with Crippen molar-refractivity contribution in [2.45, 2.75) is 31.7 Å². The minimum Gasteiger partial charge on any atom is -0.493 e. The quantitative estimate of drug-likeness (QED) is 0.646. The zero-order chi connectivity index (χ0) is 21.9. The van der Waals surface area contributed by atoms with Crippen LogP contribution in [0.2, 0.25) is 0 Å². The van der Waals surface area contributed by atoms with Gasteiger partial charge in [0.25, 0.3) is 0 Å². The molecule has 168 valence electrons. The molecule has 0 aromatic heterocycles. The van der Waals surface area contributed by atoms with Crippen LogP contribution in [0.1, 0.15) is 31.1 Å². The molecule has 2 aliphatic heterocycles. The number of nitrogens with zero attached hydrogens (tertiary/aromatic N) is 3. The monoisotopic (exact) mass is 440 g/mol. The number of hydrazine groups is 1. The Hall–Kier alpha value is -1.72. The first kappa shape index (κ1) is 23.0. The molecule has 0 saturated carbocycles. The van der Waals surface area contributed by atoms with Crippen LogP contribution in [0.15, 0.2) is 23.1 Å². The van der Waals surface area contributed by atoms with E-state index in [-0.39, 0.29) is 16.2 Å². The van der Waals surface area contributed by atoms with Crippen LogP contribution in [0.25, 0.3) is 0 Å². The summed E-state index contributed by atoms with van der Waals surface area (Å²) in [5, 5.41) is 17.5. The highest BCUT2D eigenvalue weighted by Crippen LogP contribution is 2.26. The zero-order valence-electron chi connectivity index (χ0n) is 17.9. The van der Waals surface area contributed by atoms with Crippen LogP contribution in [0, 0.1) is 5.92 Å². The van der Waals surface area contributed by atoms with Crippen LogP contribution in [0.4, 0.5) is 0 Å². The molecule has 9 nitrogen and oxygen atoms in total. The predicted molar refractivity (Wildman–Crippen MR) is 113 cm³/mol. The van der Waals surface area contributed by atoms with Gasteiger partial charge in [0.1, 0.15) is 11.3 Å². The van der Waals surface area contributed by atoms with Crippen LogP contribution in [-0.4, -0.2) is 92.3 Å². The van der Waals surface area contributed by atoms with E-state index in [2.05, 4.69) is 29.2 Å². The Kier molecular flexibility index (Phi) is 7.35. The highest BCUT2D eigenvalue weighted by atomic mass is 32.2. The summed E-state index contributed by atoms with van der Waals surface area (Å²) in [4.78, 5) is 11.5. The maximum Gasteiger partial charge on any atom is 0.339 e. The molecule has 2 aliphatic rings. The van der Waals surface area contributed by atoms with Crippen molar-refractivity contribution in [3.63, 3.8) is 0 Å². The van der Waals surface area contributed by atoms with Gasteiger partial charge < -0.3 is 15.2 Å². The van der Waals surface area contributed by atoms with Gasteiger partial charge in [-0.25, -0.2) is 23.2 Å². The van der Waals surface area contributed by atoms with E-state index in [0.717, 1.165) is 19.6 Å². The van der Waals surface area contributed by atoms with Gasteiger partial charge in [0.05, 0.1) is 11.5 Å². The van der Waals surface area contributed by atoms with Crippen LogP contribution in [0.3, 0.4) is 0 Å². The second-order valence-corrected chi connectivity index (χ2v) is 9.87. The minimum absolute atomic E-state index is 0.0148. The number of aromatic carboxylic acids is 1. The average molecular weight is 441 g/mol. The van der Waals surface area contributed by atoms with Crippen LogP contribution in [-0.2, 0) is 10.0 Å². The summed E-state index contributed by atoms with van der Waals surface area (Å²) >= 11 is 0. The molecule has 0 radical (unpaired) electrons. The third-order valence-electron chi connectivity index (χ3n) is 5.72. The number of ether oxygens (including phenoxy) is 1. The number of hydrogen-bond donors (Lipinski definition) is 2. The molecular weight excluding hydrogens is 408 g/mol. The van der Waals surface area contributed by atoms with E-state index in [9.17, 15) is 18.3 Å². The fourth-order valence-electron chi connectivity index (χ4n) is 4.09. The van der Waals surface area contributed by atoms with E-state index in [1.807, 2.05) is 0 Å². The van der Waals surface area contributed by atoms with Crippen LogP contribution in [0.5, 0.6) is 5.75 Å². The van der Waals surface area contributed by atoms with Crippen molar-refractivity contribution in [2.75, 3.05) is 52.4 Å². The first-order valence-corrected chi connectivity index (χ1v) is 11.9. The summed E-state index contributed by atoms with van der Waals surface area (Å²) in [6.45, 7) is 11.2. The molecule has 2 heterocycles. The van der Waals surface area contributed by atoms with Crippen molar-refractivity contribution in [3.8, 4) is 5.75 Å². The molecule has 1 aromatic carbocycles. The van der Waals surface area contributed by atoms with Gasteiger partial charge in [-0.05, 0) is 31.0 Å². The van der Waals surface area contributed by atoms with Gasteiger partial charge in [0.15, 0.2) is 0 Å². The summed E-state index contributed by atoms with van der Waals surface area (Å²) in [5.41, 5.74) is -0.142. The number of benzene rings is 1. The van der Waals surface area contributed by atoms with Crippen LogP contribution < -0.4 is 10.1 Å². The van der Waals surface area contributed by atoms with E-state index in [0.29, 0.717) is 44.7 Å². The molecule has 1 atom stereocenters. The number of sulfonamides is 1. The summed E-state index contributed by atoms with van der Waals surface area (Å²) in [6, 6.07) is 4.43. The van der Waals surface area contributed by atoms with Crippen molar-refractivity contribution in [3.05, 3.63) is 23.8 Å². The SMILES string of the molecule is CCOc1ccc(S(=O)(=O)N2CCN(N3CCNCC3C(C)C)CC2)cc1C(=O)O. The van der Waals surface area contributed by atoms with E-state index < -0.39 is 16.0 Å². The van der Waals surface area contributed by atoms with Crippen molar-refractivity contribution in [1.82, 2.24) is 19.6 Å². The first-order valence-electron chi connectivity index (χ1n) is 10.5. The van der Waals surface area contributed by atoms with Gasteiger partial charge >= 0.3 is 5.97 Å². The predicted octanol–water partition coefficient (Wildman–Crippen LogP) is 0.935. The molecule has 0 amide bonds. The highest BCUT2D eigenvalue weighted by molar-refractivity contribution is 7.89. The zero-order valence-corrected chi connectivity index (χ0v) is 18.7. The molecule has 0 spiro atoms. The lowest BCUT2D eigenvalue weighted by Crippen LogP contribution is -2.63. The molecule has 3 rings (SSSR count). The average Bonchev–Trinajstić information content (AvgIpc) is 2.74. The Balaban J connectivity index is 1.73. The molecular formula is C20H32N4O5S. The van der Waals surface area contributed by atoms with Gasteiger partial charge in [-0.1, -0.05) is 13.8 Å². The Morgan fingerprint density at radius 2 is 1.93 bits per heavy atom. The molecule has 0 bridgehead atoms. The number of nitrogens with one attached hydrogen (secondary N) is 1. The molecule has 0 aliphatic carbocycles. The smallest absolute Gasteiger partial charge is 0.339 e. The molecule has 1 unspecified atom stereocenters. The number of carbonyl (C=O) groups is 1.